The normalized spacial score (nSPS) is 11.5. The van der Waals surface area contributed by atoms with Crippen molar-refractivity contribution in [1.29, 1.82) is 0 Å². The minimum Gasteiger partial charge on any atom is -0.504 e. The Hall–Kier alpha value is -3.54. The number of imidazole rings is 1. The second kappa shape index (κ2) is 6.40. The van der Waals surface area contributed by atoms with Gasteiger partial charge >= 0.3 is 0 Å². The molecular formula is C20H15FN4O. The maximum atomic E-state index is 13.3. The van der Waals surface area contributed by atoms with E-state index in [1.807, 2.05) is 31.2 Å². The monoisotopic (exact) mass is 346 g/mol. The van der Waals surface area contributed by atoms with Gasteiger partial charge in [-0.15, -0.1) is 10.2 Å². The molecule has 0 radical (unpaired) electrons. The summed E-state index contributed by atoms with van der Waals surface area (Å²) < 4.78 is 14.9. The fourth-order valence-electron chi connectivity index (χ4n) is 2.71. The van der Waals surface area contributed by atoms with Crippen LogP contribution in [0.15, 0.2) is 77.1 Å². The van der Waals surface area contributed by atoms with E-state index in [0.717, 1.165) is 11.3 Å². The molecule has 4 aromatic rings. The van der Waals surface area contributed by atoms with Crippen molar-refractivity contribution < 1.29 is 9.50 Å². The first-order valence-corrected chi connectivity index (χ1v) is 8.07. The number of rotatable bonds is 3. The summed E-state index contributed by atoms with van der Waals surface area (Å²) in [4.78, 5) is 4.48. The van der Waals surface area contributed by atoms with E-state index in [0.29, 0.717) is 22.7 Å². The Labute approximate surface area is 149 Å². The summed E-state index contributed by atoms with van der Waals surface area (Å²) >= 11 is 0. The molecule has 5 nitrogen and oxygen atoms in total. The topological polar surface area (TPSA) is 62.2 Å². The van der Waals surface area contributed by atoms with Crippen LogP contribution in [0.4, 0.5) is 15.9 Å². The average molecular weight is 346 g/mol. The summed E-state index contributed by atoms with van der Waals surface area (Å²) in [6.07, 6.45) is 1.75. The largest absolute Gasteiger partial charge is 0.504 e. The molecule has 0 fully saturated rings. The fraction of sp³-hybridized carbons (Fsp3) is 0.0500. The van der Waals surface area contributed by atoms with Crippen molar-refractivity contribution in [1.82, 2.24) is 9.38 Å². The highest BCUT2D eigenvalue weighted by atomic mass is 19.1. The number of pyridine rings is 1. The van der Waals surface area contributed by atoms with Gasteiger partial charge in [-0.2, -0.15) is 0 Å². The number of hydrogen-bond donors (Lipinski definition) is 1. The molecule has 0 amide bonds. The van der Waals surface area contributed by atoms with Crippen molar-refractivity contribution in [2.24, 2.45) is 10.2 Å². The van der Waals surface area contributed by atoms with Gasteiger partial charge < -0.3 is 5.11 Å². The van der Waals surface area contributed by atoms with E-state index in [4.69, 9.17) is 0 Å². The number of aromatic hydroxyl groups is 1. The minimum atomic E-state index is -0.330. The number of aromatic nitrogens is 2. The van der Waals surface area contributed by atoms with E-state index in [2.05, 4.69) is 15.2 Å². The molecule has 0 spiro atoms. The maximum Gasteiger partial charge on any atom is 0.187 e. The SMILES string of the molecule is Cc1ccccc1N=Nc1c(-c2ccc(F)cc2)nc2c(O)cccn12. The van der Waals surface area contributed by atoms with Gasteiger partial charge in [0.05, 0.1) is 5.69 Å². The van der Waals surface area contributed by atoms with Crippen LogP contribution in [0.2, 0.25) is 0 Å². The second-order valence-corrected chi connectivity index (χ2v) is 5.86. The number of nitrogens with zero attached hydrogens (tertiary/aromatic N) is 4. The molecule has 2 heterocycles. The summed E-state index contributed by atoms with van der Waals surface area (Å²) in [5, 5.41) is 18.8. The first kappa shape index (κ1) is 16.0. The third-order valence-corrected chi connectivity index (χ3v) is 4.09. The van der Waals surface area contributed by atoms with E-state index < -0.39 is 0 Å². The van der Waals surface area contributed by atoms with Crippen molar-refractivity contribution >= 4 is 17.2 Å². The molecule has 6 heteroatoms. The van der Waals surface area contributed by atoms with Crippen molar-refractivity contribution in [2.45, 2.75) is 6.92 Å². The van der Waals surface area contributed by atoms with Crippen LogP contribution >= 0.6 is 0 Å². The Bertz CT molecular complexity index is 1120. The lowest BCUT2D eigenvalue weighted by Gasteiger charge is -2.01. The summed E-state index contributed by atoms with van der Waals surface area (Å²) in [5.74, 6) is 0.169. The Morgan fingerprint density at radius 2 is 1.73 bits per heavy atom. The van der Waals surface area contributed by atoms with Gasteiger partial charge in [-0.05, 0) is 55.0 Å². The minimum absolute atomic E-state index is 0.0354. The van der Waals surface area contributed by atoms with Gasteiger partial charge in [-0.25, -0.2) is 9.37 Å². The number of azo groups is 1. The van der Waals surface area contributed by atoms with Crippen molar-refractivity contribution in [2.75, 3.05) is 0 Å². The molecule has 1 N–H and O–H groups in total. The van der Waals surface area contributed by atoms with Crippen LogP contribution in [0.5, 0.6) is 5.75 Å². The second-order valence-electron chi connectivity index (χ2n) is 5.86. The van der Waals surface area contributed by atoms with Crippen molar-refractivity contribution in [3.63, 3.8) is 0 Å². The van der Waals surface area contributed by atoms with Gasteiger partial charge in [0.1, 0.15) is 11.5 Å². The quantitative estimate of drug-likeness (QED) is 0.493. The Morgan fingerprint density at radius 3 is 2.50 bits per heavy atom. The average Bonchev–Trinajstić information content (AvgIpc) is 3.02. The van der Waals surface area contributed by atoms with Crippen LogP contribution in [0.3, 0.4) is 0 Å². The van der Waals surface area contributed by atoms with Crippen LogP contribution in [0, 0.1) is 12.7 Å². The van der Waals surface area contributed by atoms with Crippen LogP contribution in [-0.2, 0) is 0 Å². The molecule has 2 aromatic heterocycles. The number of hydrogen-bond acceptors (Lipinski definition) is 4. The van der Waals surface area contributed by atoms with E-state index >= 15 is 0 Å². The lowest BCUT2D eigenvalue weighted by atomic mass is 10.1. The summed E-state index contributed by atoms with van der Waals surface area (Å²) in [5.41, 5.74) is 3.31. The lowest BCUT2D eigenvalue weighted by molar-refractivity contribution is 0.477. The standard InChI is InChI=1S/C20H15FN4O/c1-13-5-2-3-6-16(13)23-24-20-18(14-8-10-15(21)11-9-14)22-19-17(26)7-4-12-25(19)20/h2-12,26H,1H3. The smallest absolute Gasteiger partial charge is 0.187 e. The highest BCUT2D eigenvalue weighted by Crippen LogP contribution is 2.35. The summed E-state index contributed by atoms with van der Waals surface area (Å²) in [7, 11) is 0. The van der Waals surface area contributed by atoms with Gasteiger partial charge in [-0.3, -0.25) is 4.40 Å². The maximum absolute atomic E-state index is 13.3. The van der Waals surface area contributed by atoms with E-state index in [1.165, 1.54) is 12.1 Å². The highest BCUT2D eigenvalue weighted by Gasteiger charge is 2.16. The molecule has 0 aliphatic carbocycles. The Balaban J connectivity index is 1.91. The highest BCUT2D eigenvalue weighted by molar-refractivity contribution is 5.76. The van der Waals surface area contributed by atoms with Crippen molar-refractivity contribution in [3.05, 3.63) is 78.2 Å². The Kier molecular flexibility index (Phi) is 3.93. The summed E-state index contributed by atoms with van der Waals surface area (Å²) in [6.45, 7) is 1.95. The first-order valence-electron chi connectivity index (χ1n) is 8.07. The molecule has 0 aliphatic rings. The number of halogens is 1. The number of benzene rings is 2. The first-order chi connectivity index (χ1) is 12.6. The predicted molar refractivity (Wildman–Crippen MR) is 97.6 cm³/mol. The summed E-state index contributed by atoms with van der Waals surface area (Å²) in [6, 6.07) is 16.9. The predicted octanol–water partition coefficient (Wildman–Crippen LogP) is 5.57. The molecular weight excluding hydrogens is 331 g/mol. The molecule has 4 rings (SSSR count). The van der Waals surface area contributed by atoms with Gasteiger partial charge in [0.2, 0.25) is 0 Å². The van der Waals surface area contributed by atoms with E-state index in [9.17, 15) is 9.50 Å². The lowest BCUT2D eigenvalue weighted by Crippen LogP contribution is -1.83. The molecule has 26 heavy (non-hydrogen) atoms. The van der Waals surface area contributed by atoms with E-state index in [-0.39, 0.29) is 11.6 Å². The van der Waals surface area contributed by atoms with Gasteiger partial charge in [0.25, 0.3) is 0 Å². The molecule has 2 aromatic carbocycles. The molecule has 0 saturated carbocycles. The fourth-order valence-corrected chi connectivity index (χ4v) is 2.71. The van der Waals surface area contributed by atoms with Gasteiger partial charge in [0.15, 0.2) is 17.2 Å². The van der Waals surface area contributed by atoms with E-state index in [1.54, 1.807) is 34.9 Å². The zero-order chi connectivity index (χ0) is 18.1. The van der Waals surface area contributed by atoms with Crippen LogP contribution in [-0.4, -0.2) is 14.5 Å². The Morgan fingerprint density at radius 1 is 0.962 bits per heavy atom. The van der Waals surface area contributed by atoms with Crippen LogP contribution in [0.1, 0.15) is 5.56 Å². The number of fused-ring (bicyclic) bond motifs is 1. The zero-order valence-corrected chi connectivity index (χ0v) is 14.0. The third kappa shape index (κ3) is 2.82. The molecule has 0 atom stereocenters. The molecule has 128 valence electrons. The van der Waals surface area contributed by atoms with Gasteiger partial charge in [-0.1, -0.05) is 18.2 Å². The molecule has 0 aliphatic heterocycles. The van der Waals surface area contributed by atoms with Crippen LogP contribution < -0.4 is 0 Å². The van der Waals surface area contributed by atoms with Crippen LogP contribution in [0.25, 0.3) is 16.9 Å². The van der Waals surface area contributed by atoms with Crippen molar-refractivity contribution in [3.8, 4) is 17.0 Å². The number of aryl methyl sites for hydroxylation is 1. The molecule has 0 bridgehead atoms. The third-order valence-electron chi connectivity index (χ3n) is 4.09. The zero-order valence-electron chi connectivity index (χ0n) is 14.0. The van der Waals surface area contributed by atoms with Gasteiger partial charge in [0, 0.05) is 11.8 Å². The molecule has 0 unspecified atom stereocenters. The molecule has 0 saturated heterocycles.